The number of hydrogen-bond donors (Lipinski definition) is 2. The predicted molar refractivity (Wildman–Crippen MR) is 73.6 cm³/mol. The minimum Gasteiger partial charge on any atom is -0.481 e. The molecule has 2 unspecified atom stereocenters. The van der Waals surface area contributed by atoms with Crippen LogP contribution in [0.15, 0.2) is 0 Å². The molecule has 6 nitrogen and oxygen atoms in total. The summed E-state index contributed by atoms with van der Waals surface area (Å²) in [4.78, 5) is 25.2. The summed E-state index contributed by atoms with van der Waals surface area (Å²) in [5.74, 6) is -0.851. The Morgan fingerprint density at radius 1 is 1.25 bits per heavy atom. The number of ether oxygens (including phenoxy) is 1. The smallest absolute Gasteiger partial charge is 0.318 e. The highest BCUT2D eigenvalue weighted by molar-refractivity contribution is 5.77. The fourth-order valence-corrected chi connectivity index (χ4v) is 3.34. The number of nitrogens with zero attached hydrogens (tertiary/aromatic N) is 1. The third-order valence-electron chi connectivity index (χ3n) is 4.13. The van der Waals surface area contributed by atoms with Crippen LogP contribution in [0.4, 0.5) is 4.79 Å². The normalized spacial score (nSPS) is 29.2. The van der Waals surface area contributed by atoms with Crippen molar-refractivity contribution in [3.63, 3.8) is 0 Å². The summed E-state index contributed by atoms with van der Waals surface area (Å²) in [5.41, 5.74) is -0.562. The fraction of sp³-hybridized carbons (Fsp3) is 0.857. The third-order valence-corrected chi connectivity index (χ3v) is 4.13. The molecule has 6 heteroatoms. The first-order chi connectivity index (χ1) is 9.40. The molecule has 1 heterocycles. The second-order valence-electron chi connectivity index (χ2n) is 6.15. The molecule has 20 heavy (non-hydrogen) atoms. The standard InChI is InChI=1S/C14H24N2O4/c1-10-8-16(9-11(2)20-10)13(19)15-14(7-12(17)18)5-3-4-6-14/h10-11H,3-9H2,1-2H3,(H,15,19)(H,17,18). The number of amides is 2. The van der Waals surface area contributed by atoms with Crippen molar-refractivity contribution in [3.8, 4) is 0 Å². The number of carboxylic acid groups (broad SMARTS) is 1. The minimum atomic E-state index is -0.851. The lowest BCUT2D eigenvalue weighted by atomic mass is 9.93. The van der Waals surface area contributed by atoms with Crippen LogP contribution in [-0.4, -0.2) is 52.8 Å². The number of urea groups is 1. The molecule has 1 saturated carbocycles. The molecule has 2 N–H and O–H groups in total. The quantitative estimate of drug-likeness (QED) is 0.825. The molecule has 2 atom stereocenters. The van der Waals surface area contributed by atoms with Crippen LogP contribution in [0.1, 0.15) is 46.0 Å². The summed E-state index contributed by atoms with van der Waals surface area (Å²) in [6, 6.07) is -0.157. The Morgan fingerprint density at radius 3 is 2.30 bits per heavy atom. The number of aliphatic carboxylic acids is 1. The first kappa shape index (κ1) is 15.1. The van der Waals surface area contributed by atoms with Crippen molar-refractivity contribution in [1.82, 2.24) is 10.2 Å². The number of carboxylic acids is 1. The topological polar surface area (TPSA) is 78.9 Å². The summed E-state index contributed by atoms with van der Waals surface area (Å²) in [7, 11) is 0. The van der Waals surface area contributed by atoms with Gasteiger partial charge in [0.2, 0.25) is 0 Å². The highest BCUT2D eigenvalue weighted by Gasteiger charge is 2.39. The lowest BCUT2D eigenvalue weighted by Gasteiger charge is -2.38. The van der Waals surface area contributed by atoms with Gasteiger partial charge in [-0.05, 0) is 26.7 Å². The maximum absolute atomic E-state index is 12.4. The van der Waals surface area contributed by atoms with Crippen LogP contribution in [0.3, 0.4) is 0 Å². The van der Waals surface area contributed by atoms with Gasteiger partial charge < -0.3 is 20.1 Å². The zero-order valence-electron chi connectivity index (χ0n) is 12.2. The lowest BCUT2D eigenvalue weighted by Crippen LogP contribution is -2.57. The SMILES string of the molecule is CC1CN(C(=O)NC2(CC(=O)O)CCCC2)CC(C)O1. The summed E-state index contributed by atoms with van der Waals surface area (Å²) in [6.45, 7) is 5.00. The van der Waals surface area contributed by atoms with E-state index in [1.807, 2.05) is 13.8 Å². The van der Waals surface area contributed by atoms with Crippen LogP contribution < -0.4 is 5.32 Å². The van der Waals surface area contributed by atoms with Crippen molar-refractivity contribution in [2.45, 2.75) is 63.7 Å². The Labute approximate surface area is 119 Å². The van der Waals surface area contributed by atoms with Gasteiger partial charge in [-0.2, -0.15) is 0 Å². The predicted octanol–water partition coefficient (Wildman–Crippen LogP) is 1.59. The molecule has 0 aromatic heterocycles. The molecule has 1 aliphatic heterocycles. The lowest BCUT2D eigenvalue weighted by molar-refractivity contribution is -0.138. The number of hydrogen-bond acceptors (Lipinski definition) is 3. The summed E-state index contributed by atoms with van der Waals surface area (Å²) in [6.07, 6.45) is 3.49. The fourth-order valence-electron chi connectivity index (χ4n) is 3.34. The highest BCUT2D eigenvalue weighted by Crippen LogP contribution is 2.33. The summed E-state index contributed by atoms with van der Waals surface area (Å²) < 4.78 is 5.61. The number of carbonyl (C=O) groups is 2. The monoisotopic (exact) mass is 284 g/mol. The van der Waals surface area contributed by atoms with Gasteiger partial charge in [-0.3, -0.25) is 4.79 Å². The molecule has 1 aliphatic carbocycles. The number of nitrogens with one attached hydrogen (secondary N) is 1. The molecule has 2 amide bonds. The van der Waals surface area contributed by atoms with Crippen molar-refractivity contribution in [3.05, 3.63) is 0 Å². The zero-order valence-corrected chi connectivity index (χ0v) is 12.2. The van der Waals surface area contributed by atoms with Gasteiger partial charge in [-0.15, -0.1) is 0 Å². The molecular formula is C14H24N2O4. The van der Waals surface area contributed by atoms with Gasteiger partial charge >= 0.3 is 12.0 Å². The number of morpholine rings is 1. The van der Waals surface area contributed by atoms with Gasteiger partial charge in [0, 0.05) is 13.1 Å². The van der Waals surface area contributed by atoms with E-state index in [0.717, 1.165) is 25.7 Å². The van der Waals surface area contributed by atoms with Crippen LogP contribution in [-0.2, 0) is 9.53 Å². The van der Waals surface area contributed by atoms with Gasteiger partial charge in [0.25, 0.3) is 0 Å². The molecule has 2 fully saturated rings. The first-order valence-corrected chi connectivity index (χ1v) is 7.34. The van der Waals surface area contributed by atoms with Crippen LogP contribution in [0.25, 0.3) is 0 Å². The molecule has 114 valence electrons. The van der Waals surface area contributed by atoms with E-state index in [2.05, 4.69) is 5.32 Å². The molecular weight excluding hydrogens is 260 g/mol. The van der Waals surface area contributed by atoms with Crippen molar-refractivity contribution < 1.29 is 19.4 Å². The number of carbonyl (C=O) groups excluding carboxylic acids is 1. The average Bonchev–Trinajstić information content (AvgIpc) is 2.74. The molecule has 0 bridgehead atoms. The molecule has 0 aromatic carbocycles. The van der Waals surface area contributed by atoms with E-state index in [1.54, 1.807) is 4.90 Å². The van der Waals surface area contributed by atoms with Gasteiger partial charge in [-0.25, -0.2) is 4.79 Å². The highest BCUT2D eigenvalue weighted by atomic mass is 16.5. The molecule has 0 spiro atoms. The van der Waals surface area contributed by atoms with Gasteiger partial charge in [0.1, 0.15) is 0 Å². The molecule has 0 radical (unpaired) electrons. The van der Waals surface area contributed by atoms with E-state index in [0.29, 0.717) is 13.1 Å². The van der Waals surface area contributed by atoms with E-state index in [9.17, 15) is 9.59 Å². The number of rotatable bonds is 3. The second-order valence-corrected chi connectivity index (χ2v) is 6.15. The summed E-state index contributed by atoms with van der Waals surface area (Å²) in [5, 5.41) is 12.0. The Hall–Kier alpha value is -1.30. The Morgan fingerprint density at radius 2 is 1.80 bits per heavy atom. The minimum absolute atomic E-state index is 0.00812. The molecule has 0 aromatic rings. The Kier molecular flexibility index (Phi) is 4.52. The van der Waals surface area contributed by atoms with E-state index < -0.39 is 11.5 Å². The maximum Gasteiger partial charge on any atom is 0.318 e. The van der Waals surface area contributed by atoms with Crippen LogP contribution in [0.2, 0.25) is 0 Å². The Bertz CT molecular complexity index is 369. The largest absolute Gasteiger partial charge is 0.481 e. The van der Waals surface area contributed by atoms with E-state index in [-0.39, 0.29) is 24.7 Å². The third kappa shape index (κ3) is 3.62. The van der Waals surface area contributed by atoms with Crippen molar-refractivity contribution in [2.75, 3.05) is 13.1 Å². The van der Waals surface area contributed by atoms with Crippen molar-refractivity contribution in [2.24, 2.45) is 0 Å². The van der Waals surface area contributed by atoms with E-state index in [4.69, 9.17) is 9.84 Å². The molecule has 2 aliphatic rings. The average molecular weight is 284 g/mol. The molecule has 1 saturated heterocycles. The van der Waals surface area contributed by atoms with Gasteiger partial charge in [0.15, 0.2) is 0 Å². The van der Waals surface area contributed by atoms with E-state index >= 15 is 0 Å². The van der Waals surface area contributed by atoms with Crippen molar-refractivity contribution >= 4 is 12.0 Å². The summed E-state index contributed by atoms with van der Waals surface area (Å²) >= 11 is 0. The van der Waals surface area contributed by atoms with Crippen molar-refractivity contribution in [1.29, 1.82) is 0 Å². The maximum atomic E-state index is 12.4. The zero-order chi connectivity index (χ0) is 14.8. The van der Waals surface area contributed by atoms with Crippen LogP contribution >= 0.6 is 0 Å². The van der Waals surface area contributed by atoms with Gasteiger partial charge in [0.05, 0.1) is 24.2 Å². The van der Waals surface area contributed by atoms with Gasteiger partial charge in [-0.1, -0.05) is 12.8 Å². The van der Waals surface area contributed by atoms with E-state index in [1.165, 1.54) is 0 Å². The first-order valence-electron chi connectivity index (χ1n) is 7.34. The van der Waals surface area contributed by atoms with Crippen LogP contribution in [0, 0.1) is 0 Å². The van der Waals surface area contributed by atoms with Crippen LogP contribution in [0.5, 0.6) is 0 Å². The molecule has 2 rings (SSSR count). The second kappa shape index (κ2) is 5.99. The Balaban J connectivity index is 1.99.